The normalized spacial score (nSPS) is 28.4. The number of aryl methyl sites for hydroxylation is 1. The molecule has 8 heteroatoms. The van der Waals surface area contributed by atoms with Crippen LogP contribution in [-0.4, -0.2) is 28.7 Å². The Labute approximate surface area is 226 Å². The molecule has 2 bridgehead atoms. The minimum atomic E-state index is -1.27. The number of benzene rings is 3. The average Bonchev–Trinajstić information content (AvgIpc) is 3.15. The first-order valence-corrected chi connectivity index (χ1v) is 13.2. The monoisotopic (exact) mass is 582 g/mol. The van der Waals surface area contributed by atoms with Crippen molar-refractivity contribution >= 4 is 62.5 Å². The maximum atomic E-state index is 14.0. The van der Waals surface area contributed by atoms with Gasteiger partial charge in [-0.25, -0.2) is 0 Å². The number of carbonyl (C=O) groups is 3. The molecule has 182 valence electrons. The zero-order valence-electron chi connectivity index (χ0n) is 19.4. The summed E-state index contributed by atoms with van der Waals surface area (Å²) in [6.07, 6.45) is 0. The van der Waals surface area contributed by atoms with Crippen LogP contribution in [0.25, 0.3) is 0 Å². The molecule has 3 aromatic carbocycles. The number of hydrogen-bond acceptors (Lipinski definition) is 3. The van der Waals surface area contributed by atoms with Gasteiger partial charge in [0.15, 0.2) is 0 Å². The molecule has 1 aliphatic heterocycles. The van der Waals surface area contributed by atoms with Crippen LogP contribution in [0.2, 0.25) is 0 Å². The molecule has 1 fully saturated rings. The molecule has 5 nitrogen and oxygen atoms in total. The first-order chi connectivity index (χ1) is 17.1. The lowest BCUT2D eigenvalue weighted by Gasteiger charge is -2.54. The van der Waals surface area contributed by atoms with Crippen molar-refractivity contribution in [2.75, 3.05) is 5.32 Å². The molecule has 0 spiro atoms. The van der Waals surface area contributed by atoms with Crippen LogP contribution in [0.4, 0.5) is 5.69 Å². The summed E-state index contributed by atoms with van der Waals surface area (Å²) in [5, 5.41) is 2.83. The molecule has 3 amide bonds. The number of hydrogen-bond donors (Lipinski definition) is 1. The summed E-state index contributed by atoms with van der Waals surface area (Å²) in [5.74, 6) is -3.29. The fraction of sp³-hybridized carbons (Fsp3) is 0.250. The lowest BCUT2D eigenvalue weighted by Crippen LogP contribution is -2.57. The number of halogens is 3. The Bertz CT molecular complexity index is 1370. The summed E-state index contributed by atoms with van der Waals surface area (Å²) in [6.45, 7) is 3.46. The van der Waals surface area contributed by atoms with E-state index in [1.165, 1.54) is 0 Å². The van der Waals surface area contributed by atoms with E-state index in [4.69, 9.17) is 23.2 Å². The van der Waals surface area contributed by atoms with Gasteiger partial charge in [-0.1, -0.05) is 64.5 Å². The Balaban J connectivity index is 1.43. The fourth-order valence-electron chi connectivity index (χ4n) is 6.16. The Morgan fingerprint density at radius 2 is 1.33 bits per heavy atom. The van der Waals surface area contributed by atoms with Crippen molar-refractivity contribution in [3.8, 4) is 0 Å². The molecule has 3 aliphatic carbocycles. The van der Waals surface area contributed by atoms with Crippen molar-refractivity contribution in [1.82, 2.24) is 4.90 Å². The Morgan fingerprint density at radius 1 is 0.889 bits per heavy atom. The summed E-state index contributed by atoms with van der Waals surface area (Å²) < 4.78 is 0.914. The minimum absolute atomic E-state index is 0.466. The molecule has 0 aromatic heterocycles. The molecule has 3 atom stereocenters. The van der Waals surface area contributed by atoms with E-state index >= 15 is 0 Å². The summed E-state index contributed by atoms with van der Waals surface area (Å²) in [5.41, 5.74) is 4.44. The van der Waals surface area contributed by atoms with Crippen LogP contribution in [0.5, 0.6) is 0 Å². The second-order valence-electron chi connectivity index (χ2n) is 9.65. The maximum Gasteiger partial charge on any atom is 0.247 e. The number of alkyl halides is 2. The number of carbonyl (C=O) groups excluding carboxylic acids is 3. The quantitative estimate of drug-likeness (QED) is 0.319. The van der Waals surface area contributed by atoms with Gasteiger partial charge in [0.1, 0.15) is 15.8 Å². The lowest BCUT2D eigenvalue weighted by molar-refractivity contribution is -0.146. The van der Waals surface area contributed by atoms with Gasteiger partial charge in [-0.3, -0.25) is 19.3 Å². The average molecular weight is 584 g/mol. The van der Waals surface area contributed by atoms with Crippen molar-refractivity contribution < 1.29 is 14.4 Å². The second kappa shape index (κ2) is 7.91. The molecule has 1 heterocycles. The van der Waals surface area contributed by atoms with Gasteiger partial charge in [0.25, 0.3) is 0 Å². The topological polar surface area (TPSA) is 66.5 Å². The summed E-state index contributed by atoms with van der Waals surface area (Å²) in [4.78, 5) is 39.7. The third kappa shape index (κ3) is 2.86. The molecule has 7 rings (SSSR count). The van der Waals surface area contributed by atoms with Gasteiger partial charge in [-0.05, 0) is 59.9 Å². The molecule has 1 saturated heterocycles. The molecule has 1 N–H and O–H groups in total. The number of imide groups is 1. The van der Waals surface area contributed by atoms with Crippen molar-refractivity contribution in [3.05, 3.63) is 99.0 Å². The third-order valence-electron chi connectivity index (χ3n) is 7.81. The van der Waals surface area contributed by atoms with Crippen molar-refractivity contribution in [2.24, 2.45) is 11.8 Å². The smallest absolute Gasteiger partial charge is 0.247 e. The number of nitrogens with zero attached hydrogens (tertiary/aromatic N) is 1. The second-order valence-corrected chi connectivity index (χ2v) is 11.7. The highest BCUT2D eigenvalue weighted by Crippen LogP contribution is 2.69. The highest BCUT2D eigenvalue weighted by atomic mass is 79.9. The molecular weight excluding hydrogens is 563 g/mol. The zero-order valence-corrected chi connectivity index (χ0v) is 22.5. The van der Waals surface area contributed by atoms with E-state index in [2.05, 4.69) is 21.2 Å². The lowest BCUT2D eigenvalue weighted by atomic mass is 9.54. The van der Waals surface area contributed by atoms with Crippen LogP contribution >= 0.6 is 39.1 Å². The summed E-state index contributed by atoms with van der Waals surface area (Å²) in [6, 6.07) is 19.3. The predicted molar refractivity (Wildman–Crippen MR) is 142 cm³/mol. The van der Waals surface area contributed by atoms with Crippen LogP contribution in [0.3, 0.4) is 0 Å². The molecule has 36 heavy (non-hydrogen) atoms. The first-order valence-electron chi connectivity index (χ1n) is 11.6. The van der Waals surface area contributed by atoms with Crippen molar-refractivity contribution in [2.45, 2.75) is 29.6 Å². The summed E-state index contributed by atoms with van der Waals surface area (Å²) in [7, 11) is 0. The number of nitrogens with one attached hydrogen (secondary N) is 1. The van der Waals surface area contributed by atoms with Crippen molar-refractivity contribution in [3.63, 3.8) is 0 Å². The standard InChI is InChI=1S/C28H21BrCl2N2O3/c1-14-13-16(11-12-21(14)29)32-24(34)15(2)33-25(35)22-23(26(33)36)28(31)18-8-4-3-7-17(18)27(22,30)19-9-5-6-10-20(19)28/h3-13,15,22-23H,1-2H3,(H,32,34)/t15-,22-,23-,27?,28?/m0/s1. The van der Waals surface area contributed by atoms with E-state index in [0.717, 1.165) is 37.2 Å². The predicted octanol–water partition coefficient (Wildman–Crippen LogP) is 5.68. The Hall–Kier alpha value is -2.67. The van der Waals surface area contributed by atoms with Gasteiger partial charge in [0, 0.05) is 10.2 Å². The van der Waals surface area contributed by atoms with Crippen LogP contribution in [0.15, 0.2) is 71.2 Å². The van der Waals surface area contributed by atoms with Crippen LogP contribution in [0, 0.1) is 18.8 Å². The highest BCUT2D eigenvalue weighted by Gasteiger charge is 2.73. The molecule has 4 aliphatic rings. The Kier molecular flexibility index (Phi) is 5.21. The SMILES string of the molecule is Cc1cc(NC(=O)[C@H](C)N2C(=O)[C@@H]3[C@@H](C2=O)C2(Cl)c4ccccc4C3(Cl)c3ccccc32)ccc1Br. The molecule has 3 aromatic rings. The van der Waals surface area contributed by atoms with Gasteiger partial charge < -0.3 is 5.32 Å². The van der Waals surface area contributed by atoms with E-state index in [0.29, 0.717) is 5.69 Å². The van der Waals surface area contributed by atoms with Gasteiger partial charge >= 0.3 is 0 Å². The van der Waals surface area contributed by atoms with Crippen LogP contribution in [0.1, 0.15) is 34.7 Å². The number of likely N-dealkylation sites (tertiary alicyclic amines) is 1. The van der Waals surface area contributed by atoms with E-state index in [1.807, 2.05) is 67.6 Å². The highest BCUT2D eigenvalue weighted by molar-refractivity contribution is 9.10. The zero-order chi connectivity index (χ0) is 25.6. The molecule has 0 unspecified atom stereocenters. The summed E-state index contributed by atoms with van der Waals surface area (Å²) >= 11 is 18.3. The first kappa shape index (κ1) is 23.7. The third-order valence-corrected chi connectivity index (χ3v) is 9.99. The maximum absolute atomic E-state index is 14.0. The van der Waals surface area contributed by atoms with Crippen LogP contribution in [-0.2, 0) is 24.1 Å². The number of anilines is 1. The number of amides is 3. The van der Waals surface area contributed by atoms with Gasteiger partial charge in [0.2, 0.25) is 17.7 Å². The van der Waals surface area contributed by atoms with Gasteiger partial charge in [0.05, 0.1) is 11.8 Å². The van der Waals surface area contributed by atoms with E-state index in [1.54, 1.807) is 13.0 Å². The Morgan fingerprint density at radius 3 is 1.75 bits per heavy atom. The largest absolute Gasteiger partial charge is 0.324 e. The van der Waals surface area contributed by atoms with Crippen LogP contribution < -0.4 is 5.32 Å². The van der Waals surface area contributed by atoms with E-state index in [-0.39, 0.29) is 0 Å². The molecule has 0 radical (unpaired) electrons. The fourth-order valence-corrected chi connectivity index (χ4v) is 7.50. The minimum Gasteiger partial charge on any atom is -0.324 e. The van der Waals surface area contributed by atoms with E-state index in [9.17, 15) is 14.4 Å². The van der Waals surface area contributed by atoms with Gasteiger partial charge in [-0.15, -0.1) is 23.2 Å². The van der Waals surface area contributed by atoms with E-state index < -0.39 is 45.3 Å². The molecule has 0 saturated carbocycles. The number of rotatable bonds is 3. The molecular formula is C28H21BrCl2N2O3. The van der Waals surface area contributed by atoms with Gasteiger partial charge in [-0.2, -0.15) is 0 Å². The van der Waals surface area contributed by atoms with Crippen molar-refractivity contribution in [1.29, 1.82) is 0 Å².